The predicted octanol–water partition coefficient (Wildman–Crippen LogP) is 4.10. The molecule has 1 aliphatic heterocycles. The van der Waals surface area contributed by atoms with Crippen molar-refractivity contribution in [2.24, 2.45) is 0 Å². The maximum Gasteiger partial charge on any atom is 0.120 e. The molecule has 0 saturated heterocycles. The van der Waals surface area contributed by atoms with Crippen molar-refractivity contribution in [2.75, 3.05) is 11.1 Å². The zero-order chi connectivity index (χ0) is 13.2. The largest absolute Gasteiger partial charge is 0.508 e. The first kappa shape index (κ1) is 12.4. The lowest BCUT2D eigenvalue weighted by atomic mass is 10.0. The van der Waals surface area contributed by atoms with Crippen LogP contribution in [0.4, 0.5) is 5.69 Å². The zero-order valence-corrected chi connectivity index (χ0v) is 11.7. The summed E-state index contributed by atoms with van der Waals surface area (Å²) in [6.07, 6.45) is 0. The minimum Gasteiger partial charge on any atom is -0.508 e. The lowest BCUT2D eigenvalue weighted by Crippen LogP contribution is -2.18. The van der Waals surface area contributed by atoms with Crippen molar-refractivity contribution in [3.63, 3.8) is 0 Å². The summed E-state index contributed by atoms with van der Waals surface area (Å²) in [6, 6.07) is 14.7. The van der Waals surface area contributed by atoms with E-state index in [4.69, 9.17) is 0 Å². The monoisotopic (exact) mass is 271 g/mol. The molecule has 98 valence electrons. The summed E-state index contributed by atoms with van der Waals surface area (Å²) in [5, 5.41) is 13.3. The minimum absolute atomic E-state index is 0.317. The van der Waals surface area contributed by atoms with E-state index in [0.29, 0.717) is 11.8 Å². The number of phenolic OH excluding ortho intramolecular Hbond substituents is 1. The van der Waals surface area contributed by atoms with Crippen LogP contribution in [0.3, 0.4) is 0 Å². The van der Waals surface area contributed by atoms with E-state index in [1.54, 1.807) is 6.07 Å². The molecule has 2 nitrogen and oxygen atoms in total. The number of hydrogen-bond acceptors (Lipinski definition) is 3. The summed E-state index contributed by atoms with van der Waals surface area (Å²) in [6.45, 7) is 1.91. The summed E-state index contributed by atoms with van der Waals surface area (Å²) in [7, 11) is 0. The molecule has 0 aromatic heterocycles. The third kappa shape index (κ3) is 2.56. The van der Waals surface area contributed by atoms with Gasteiger partial charge in [-0.1, -0.05) is 30.3 Å². The number of hydrogen-bond donors (Lipinski definition) is 2. The summed E-state index contributed by atoms with van der Waals surface area (Å²) < 4.78 is 0. The smallest absolute Gasteiger partial charge is 0.120 e. The molecule has 0 amide bonds. The number of rotatable bonds is 2. The van der Waals surface area contributed by atoms with Crippen molar-refractivity contribution < 1.29 is 5.11 Å². The highest BCUT2D eigenvalue weighted by atomic mass is 32.2. The van der Waals surface area contributed by atoms with Crippen molar-refractivity contribution in [1.29, 1.82) is 0 Å². The van der Waals surface area contributed by atoms with Gasteiger partial charge in [-0.3, -0.25) is 0 Å². The average Bonchev–Trinajstić information content (AvgIpc) is 2.43. The van der Waals surface area contributed by atoms with Crippen molar-refractivity contribution >= 4 is 17.4 Å². The SMILES string of the molecule is Cc1ccc(NC2CSCc3ccccc32)cc1O. The lowest BCUT2D eigenvalue weighted by Gasteiger charge is -2.27. The molecular formula is C16H17NOS. The highest BCUT2D eigenvalue weighted by molar-refractivity contribution is 7.98. The molecule has 19 heavy (non-hydrogen) atoms. The molecule has 0 fully saturated rings. The number of anilines is 1. The van der Waals surface area contributed by atoms with Crippen LogP contribution in [0.25, 0.3) is 0 Å². The third-order valence-corrected chi connectivity index (χ3v) is 4.61. The third-order valence-electron chi connectivity index (χ3n) is 3.52. The van der Waals surface area contributed by atoms with Crippen LogP contribution >= 0.6 is 11.8 Å². The zero-order valence-electron chi connectivity index (χ0n) is 10.9. The van der Waals surface area contributed by atoms with E-state index >= 15 is 0 Å². The topological polar surface area (TPSA) is 32.3 Å². The number of aromatic hydroxyl groups is 1. The van der Waals surface area contributed by atoms with E-state index in [1.165, 1.54) is 11.1 Å². The Bertz CT molecular complexity index is 597. The number of benzene rings is 2. The van der Waals surface area contributed by atoms with Crippen LogP contribution in [0.2, 0.25) is 0 Å². The molecule has 2 aromatic rings. The number of fused-ring (bicyclic) bond motifs is 1. The fraction of sp³-hybridized carbons (Fsp3) is 0.250. The summed E-state index contributed by atoms with van der Waals surface area (Å²) >= 11 is 1.95. The molecule has 2 N–H and O–H groups in total. The van der Waals surface area contributed by atoms with Crippen LogP contribution in [0.1, 0.15) is 22.7 Å². The Hall–Kier alpha value is -1.61. The van der Waals surface area contributed by atoms with Crippen LogP contribution in [0.5, 0.6) is 5.75 Å². The Morgan fingerprint density at radius 2 is 2.05 bits per heavy atom. The summed E-state index contributed by atoms with van der Waals surface area (Å²) in [5.41, 5.74) is 4.67. The van der Waals surface area contributed by atoms with Gasteiger partial charge in [-0.2, -0.15) is 11.8 Å². The quantitative estimate of drug-likeness (QED) is 0.862. The first-order valence-corrected chi connectivity index (χ1v) is 7.61. The second kappa shape index (κ2) is 5.17. The molecule has 1 atom stereocenters. The first-order valence-electron chi connectivity index (χ1n) is 6.46. The van der Waals surface area contributed by atoms with E-state index in [-0.39, 0.29) is 0 Å². The van der Waals surface area contributed by atoms with Gasteiger partial charge in [0.25, 0.3) is 0 Å². The second-order valence-corrected chi connectivity index (χ2v) is 5.94. The maximum absolute atomic E-state index is 9.78. The molecule has 1 unspecified atom stereocenters. The standard InChI is InChI=1S/C16H17NOS/c1-11-6-7-13(8-16(11)18)17-15-10-19-9-12-4-2-3-5-14(12)15/h2-8,15,17-18H,9-10H2,1H3. The molecule has 0 radical (unpaired) electrons. The highest BCUT2D eigenvalue weighted by Gasteiger charge is 2.19. The van der Waals surface area contributed by atoms with E-state index in [2.05, 4.69) is 29.6 Å². The number of phenols is 1. The van der Waals surface area contributed by atoms with Crippen LogP contribution in [-0.4, -0.2) is 10.9 Å². The molecule has 0 bridgehead atoms. The van der Waals surface area contributed by atoms with Crippen LogP contribution < -0.4 is 5.32 Å². The molecule has 2 aromatic carbocycles. The number of thioether (sulfide) groups is 1. The molecule has 3 heteroatoms. The van der Waals surface area contributed by atoms with Crippen molar-refractivity contribution in [3.8, 4) is 5.75 Å². The van der Waals surface area contributed by atoms with Crippen molar-refractivity contribution in [1.82, 2.24) is 0 Å². The van der Waals surface area contributed by atoms with Gasteiger partial charge in [0.1, 0.15) is 5.75 Å². The summed E-state index contributed by atoms with van der Waals surface area (Å²) in [5.74, 6) is 2.50. The predicted molar refractivity (Wildman–Crippen MR) is 81.8 cm³/mol. The molecule has 0 spiro atoms. The fourth-order valence-electron chi connectivity index (χ4n) is 2.40. The van der Waals surface area contributed by atoms with Gasteiger partial charge in [0.15, 0.2) is 0 Å². The number of aryl methyl sites for hydroxylation is 1. The normalized spacial score (nSPS) is 17.8. The first-order chi connectivity index (χ1) is 9.24. The van der Waals surface area contributed by atoms with E-state index in [1.807, 2.05) is 30.8 Å². The van der Waals surface area contributed by atoms with E-state index in [0.717, 1.165) is 22.8 Å². The van der Waals surface area contributed by atoms with Gasteiger partial charge in [-0.15, -0.1) is 0 Å². The highest BCUT2D eigenvalue weighted by Crippen LogP contribution is 2.34. The van der Waals surface area contributed by atoms with Crippen molar-refractivity contribution in [3.05, 3.63) is 59.2 Å². The maximum atomic E-state index is 9.78. The van der Waals surface area contributed by atoms with Gasteiger partial charge < -0.3 is 10.4 Å². The van der Waals surface area contributed by atoms with Gasteiger partial charge in [-0.25, -0.2) is 0 Å². The van der Waals surface area contributed by atoms with Gasteiger partial charge in [0.2, 0.25) is 0 Å². The second-order valence-electron chi connectivity index (χ2n) is 4.91. The molecule has 0 saturated carbocycles. The van der Waals surface area contributed by atoms with Gasteiger partial charge >= 0.3 is 0 Å². The minimum atomic E-state index is 0.317. The van der Waals surface area contributed by atoms with E-state index in [9.17, 15) is 5.11 Å². The van der Waals surface area contributed by atoms with Crippen molar-refractivity contribution in [2.45, 2.75) is 18.7 Å². The molecule has 1 aliphatic rings. The molecule has 1 heterocycles. The van der Waals surface area contributed by atoms with Crippen LogP contribution in [-0.2, 0) is 5.75 Å². The van der Waals surface area contributed by atoms with Gasteiger partial charge in [0, 0.05) is 23.3 Å². The Balaban J connectivity index is 1.86. The average molecular weight is 271 g/mol. The van der Waals surface area contributed by atoms with Gasteiger partial charge in [0.05, 0.1) is 6.04 Å². The van der Waals surface area contributed by atoms with E-state index < -0.39 is 0 Å². The Labute approximate surface area is 117 Å². The molecule has 3 rings (SSSR count). The Morgan fingerprint density at radius 3 is 2.89 bits per heavy atom. The fourth-order valence-corrected chi connectivity index (χ4v) is 3.50. The molecular weight excluding hydrogens is 254 g/mol. The van der Waals surface area contributed by atoms with Crippen LogP contribution in [0.15, 0.2) is 42.5 Å². The molecule has 0 aliphatic carbocycles. The lowest BCUT2D eigenvalue weighted by molar-refractivity contribution is 0.471. The van der Waals surface area contributed by atoms with Crippen LogP contribution in [0, 0.1) is 6.92 Å². The summed E-state index contributed by atoms with van der Waals surface area (Å²) in [4.78, 5) is 0. The number of nitrogens with one attached hydrogen (secondary N) is 1. The Morgan fingerprint density at radius 1 is 1.21 bits per heavy atom. The van der Waals surface area contributed by atoms with Gasteiger partial charge in [-0.05, 0) is 29.7 Å². The Kier molecular flexibility index (Phi) is 3.38.